The standard InChI is InChI=1S/C67H120O6/c1-4-7-10-13-16-19-22-25-28-31-32-33-34-35-37-39-42-45-48-51-54-57-60-66(69)72-63-64(62-71-65(68)59-56-53-50-47-44-41-38-30-27-24-21-18-15-12-9-6-3)73-67(70)61-58-55-52-49-46-43-40-36-29-26-23-20-17-14-11-8-5-2/h8,11,17,20,26,29,40,43,49,52,64H,4-7,9-10,12-16,18-19,21-25,27-28,30-39,41-42,44-48,50-51,53-63H2,1-3H3/b11-8-,20-17-,29-26-,43-40-,52-49-. The van der Waals surface area contributed by atoms with Crippen molar-refractivity contribution in [2.24, 2.45) is 0 Å². The number of hydrogen-bond acceptors (Lipinski definition) is 6. The number of allylic oxidation sites excluding steroid dienone is 10. The number of unbranched alkanes of at least 4 members (excludes halogenated alkanes) is 37. The van der Waals surface area contributed by atoms with Crippen molar-refractivity contribution in [1.82, 2.24) is 0 Å². The van der Waals surface area contributed by atoms with E-state index < -0.39 is 6.10 Å². The van der Waals surface area contributed by atoms with Gasteiger partial charge >= 0.3 is 17.9 Å². The summed E-state index contributed by atoms with van der Waals surface area (Å²) in [6, 6.07) is 0. The van der Waals surface area contributed by atoms with Gasteiger partial charge in [0.1, 0.15) is 13.2 Å². The number of ether oxygens (including phenoxy) is 3. The van der Waals surface area contributed by atoms with Crippen molar-refractivity contribution in [3.8, 4) is 0 Å². The van der Waals surface area contributed by atoms with Crippen molar-refractivity contribution in [2.45, 2.75) is 335 Å². The molecule has 0 heterocycles. The van der Waals surface area contributed by atoms with Crippen LogP contribution in [0.4, 0.5) is 0 Å². The monoisotopic (exact) mass is 1020 g/mol. The molecule has 0 saturated heterocycles. The molecule has 0 aliphatic rings. The van der Waals surface area contributed by atoms with E-state index in [1.54, 1.807) is 0 Å². The van der Waals surface area contributed by atoms with Gasteiger partial charge in [-0.05, 0) is 57.8 Å². The molecule has 0 spiro atoms. The lowest BCUT2D eigenvalue weighted by molar-refractivity contribution is -0.167. The second kappa shape index (κ2) is 61.7. The van der Waals surface area contributed by atoms with Crippen LogP contribution in [-0.2, 0) is 28.6 Å². The second-order valence-electron chi connectivity index (χ2n) is 21.3. The number of carbonyl (C=O) groups excluding carboxylic acids is 3. The molecule has 0 aromatic heterocycles. The third-order valence-corrected chi connectivity index (χ3v) is 14.0. The van der Waals surface area contributed by atoms with Crippen molar-refractivity contribution >= 4 is 17.9 Å². The fourth-order valence-corrected chi connectivity index (χ4v) is 9.31. The summed E-state index contributed by atoms with van der Waals surface area (Å²) < 4.78 is 16.9. The minimum Gasteiger partial charge on any atom is -0.462 e. The fourth-order valence-electron chi connectivity index (χ4n) is 9.31. The quantitative estimate of drug-likeness (QED) is 0.0261. The second-order valence-corrected chi connectivity index (χ2v) is 21.3. The molecule has 0 bridgehead atoms. The van der Waals surface area contributed by atoms with E-state index in [1.807, 2.05) is 0 Å². The van der Waals surface area contributed by atoms with Gasteiger partial charge < -0.3 is 14.2 Å². The third-order valence-electron chi connectivity index (χ3n) is 14.0. The molecular weight excluding hydrogens is 901 g/mol. The van der Waals surface area contributed by atoms with Crippen LogP contribution in [0.3, 0.4) is 0 Å². The lowest BCUT2D eigenvalue weighted by atomic mass is 10.0. The Morgan fingerprint density at radius 2 is 0.534 bits per heavy atom. The highest BCUT2D eigenvalue weighted by atomic mass is 16.6. The van der Waals surface area contributed by atoms with Crippen LogP contribution < -0.4 is 0 Å². The number of esters is 3. The largest absolute Gasteiger partial charge is 0.462 e. The van der Waals surface area contributed by atoms with Gasteiger partial charge in [-0.2, -0.15) is 0 Å². The van der Waals surface area contributed by atoms with Crippen LogP contribution in [0.25, 0.3) is 0 Å². The van der Waals surface area contributed by atoms with Gasteiger partial charge in [-0.25, -0.2) is 0 Å². The van der Waals surface area contributed by atoms with Crippen molar-refractivity contribution in [3.05, 3.63) is 60.8 Å². The van der Waals surface area contributed by atoms with E-state index >= 15 is 0 Å². The van der Waals surface area contributed by atoms with Crippen LogP contribution >= 0.6 is 0 Å². The SMILES string of the molecule is CC/C=C\C/C=C\C/C=C\C/C=C\C/C=C\CCCC(=O)OC(COC(=O)CCCCCCCCCCCCCCCCCC)COC(=O)CCCCCCCCCCCCCCCCCCCCCCCC. The predicted molar refractivity (Wildman–Crippen MR) is 316 cm³/mol. The number of hydrogen-bond donors (Lipinski definition) is 0. The van der Waals surface area contributed by atoms with Crippen molar-refractivity contribution < 1.29 is 28.6 Å². The molecule has 0 aliphatic heterocycles. The van der Waals surface area contributed by atoms with Crippen LogP contribution in [0.15, 0.2) is 60.8 Å². The average Bonchev–Trinajstić information content (AvgIpc) is 3.39. The zero-order valence-corrected chi connectivity index (χ0v) is 48.7. The highest BCUT2D eigenvalue weighted by Crippen LogP contribution is 2.18. The maximum atomic E-state index is 12.9. The Morgan fingerprint density at radius 3 is 0.822 bits per heavy atom. The van der Waals surface area contributed by atoms with Crippen LogP contribution in [0.1, 0.15) is 329 Å². The molecule has 6 nitrogen and oxygen atoms in total. The van der Waals surface area contributed by atoms with Crippen LogP contribution in [0.2, 0.25) is 0 Å². The zero-order chi connectivity index (χ0) is 52.9. The first-order chi connectivity index (χ1) is 36.0. The predicted octanol–water partition coefficient (Wildman–Crippen LogP) is 21.6. The summed E-state index contributed by atoms with van der Waals surface area (Å²) >= 11 is 0. The lowest BCUT2D eigenvalue weighted by Gasteiger charge is -2.18. The van der Waals surface area contributed by atoms with E-state index in [2.05, 4.69) is 81.5 Å². The highest BCUT2D eigenvalue weighted by Gasteiger charge is 2.19. The summed E-state index contributed by atoms with van der Waals surface area (Å²) in [5.41, 5.74) is 0. The topological polar surface area (TPSA) is 78.9 Å². The molecule has 0 rings (SSSR count). The van der Waals surface area contributed by atoms with Gasteiger partial charge in [-0.15, -0.1) is 0 Å². The first-order valence-electron chi connectivity index (χ1n) is 31.8. The molecule has 1 unspecified atom stereocenters. The van der Waals surface area contributed by atoms with E-state index in [-0.39, 0.29) is 37.5 Å². The molecule has 0 N–H and O–H groups in total. The molecule has 0 amide bonds. The maximum Gasteiger partial charge on any atom is 0.306 e. The minimum atomic E-state index is -0.801. The fraction of sp³-hybridized carbons (Fsp3) is 0.806. The Morgan fingerprint density at radius 1 is 0.288 bits per heavy atom. The van der Waals surface area contributed by atoms with Gasteiger partial charge in [0.2, 0.25) is 0 Å². The number of carbonyl (C=O) groups is 3. The molecular formula is C67H120O6. The molecule has 73 heavy (non-hydrogen) atoms. The third kappa shape index (κ3) is 59.9. The molecule has 0 aliphatic carbocycles. The van der Waals surface area contributed by atoms with Gasteiger partial charge in [0.05, 0.1) is 0 Å². The van der Waals surface area contributed by atoms with Gasteiger partial charge in [0.25, 0.3) is 0 Å². The van der Waals surface area contributed by atoms with Gasteiger partial charge in [0.15, 0.2) is 6.10 Å². The lowest BCUT2D eigenvalue weighted by Crippen LogP contribution is -2.30. The molecule has 0 fully saturated rings. The van der Waals surface area contributed by atoms with E-state index in [4.69, 9.17) is 14.2 Å². The summed E-state index contributed by atoms with van der Waals surface area (Å²) in [6.45, 7) is 6.54. The first-order valence-corrected chi connectivity index (χ1v) is 31.8. The Kier molecular flexibility index (Phi) is 59.2. The summed E-state index contributed by atoms with van der Waals surface area (Å²) in [6.07, 6.45) is 78.1. The van der Waals surface area contributed by atoms with Gasteiger partial charge in [-0.3, -0.25) is 14.4 Å². The van der Waals surface area contributed by atoms with E-state index in [9.17, 15) is 14.4 Å². The van der Waals surface area contributed by atoms with Crippen molar-refractivity contribution in [1.29, 1.82) is 0 Å². The van der Waals surface area contributed by atoms with E-state index in [0.717, 1.165) is 77.0 Å². The summed E-state index contributed by atoms with van der Waals surface area (Å²) in [5.74, 6) is -0.931. The molecule has 0 aromatic rings. The summed E-state index contributed by atoms with van der Waals surface area (Å²) in [4.78, 5) is 38.3. The molecule has 424 valence electrons. The Bertz CT molecular complexity index is 1310. The maximum absolute atomic E-state index is 12.9. The Balaban J connectivity index is 4.37. The van der Waals surface area contributed by atoms with E-state index in [1.165, 1.54) is 205 Å². The van der Waals surface area contributed by atoms with E-state index in [0.29, 0.717) is 19.3 Å². The Hall–Kier alpha value is -2.89. The van der Waals surface area contributed by atoms with Crippen molar-refractivity contribution in [3.63, 3.8) is 0 Å². The van der Waals surface area contributed by atoms with Gasteiger partial charge in [0, 0.05) is 19.3 Å². The van der Waals surface area contributed by atoms with Crippen LogP contribution in [-0.4, -0.2) is 37.2 Å². The highest BCUT2D eigenvalue weighted by molar-refractivity contribution is 5.71. The molecule has 6 heteroatoms. The van der Waals surface area contributed by atoms with Crippen LogP contribution in [0.5, 0.6) is 0 Å². The molecule has 0 aromatic carbocycles. The minimum absolute atomic E-state index is 0.0923. The van der Waals surface area contributed by atoms with Crippen LogP contribution in [0, 0.1) is 0 Å². The average molecular weight is 1020 g/mol. The zero-order valence-electron chi connectivity index (χ0n) is 48.7. The van der Waals surface area contributed by atoms with Crippen molar-refractivity contribution in [2.75, 3.05) is 13.2 Å². The molecule has 1 atom stereocenters. The molecule has 0 saturated carbocycles. The van der Waals surface area contributed by atoms with Gasteiger partial charge in [-0.1, -0.05) is 313 Å². The molecule has 0 radical (unpaired) electrons. The summed E-state index contributed by atoms with van der Waals surface area (Å²) in [7, 11) is 0. The first kappa shape index (κ1) is 70.1. The normalized spacial score (nSPS) is 12.4. The smallest absolute Gasteiger partial charge is 0.306 e. The summed E-state index contributed by atoms with van der Waals surface area (Å²) in [5, 5.41) is 0. The number of rotatable bonds is 58. The Labute approximate surface area is 453 Å².